The summed E-state index contributed by atoms with van der Waals surface area (Å²) in [5.74, 6) is -0.253. The van der Waals surface area contributed by atoms with Gasteiger partial charge in [0.15, 0.2) is 0 Å². The Hall–Kier alpha value is -3.58. The minimum Gasteiger partial charge on any atom is -0.322 e. The highest BCUT2D eigenvalue weighted by molar-refractivity contribution is 6.29. The summed E-state index contributed by atoms with van der Waals surface area (Å²) >= 11 is 5.96. The van der Waals surface area contributed by atoms with Crippen LogP contribution in [-0.4, -0.2) is 33.8 Å². The van der Waals surface area contributed by atoms with E-state index in [0.29, 0.717) is 25.2 Å². The molecule has 1 saturated heterocycles. The van der Waals surface area contributed by atoms with Crippen LogP contribution in [0, 0.1) is 12.7 Å². The first kappa shape index (κ1) is 26.0. The van der Waals surface area contributed by atoms with E-state index in [2.05, 4.69) is 16.4 Å². The third kappa shape index (κ3) is 6.10. The molecule has 5 nitrogen and oxygen atoms in total. The zero-order valence-corrected chi connectivity index (χ0v) is 22.0. The second kappa shape index (κ2) is 11.0. The summed E-state index contributed by atoms with van der Waals surface area (Å²) in [4.78, 5) is 16.8. The molecule has 0 radical (unpaired) electrons. The average molecular weight is 531 g/mol. The van der Waals surface area contributed by atoms with Crippen molar-refractivity contribution in [3.8, 4) is 11.1 Å². The number of hydrogen-bond acceptors (Lipinski definition) is 3. The van der Waals surface area contributed by atoms with Crippen LogP contribution in [0.3, 0.4) is 0 Å². The van der Waals surface area contributed by atoms with Crippen LogP contribution in [0.2, 0.25) is 5.15 Å². The van der Waals surface area contributed by atoms with Gasteiger partial charge in [0.2, 0.25) is 0 Å². The van der Waals surface area contributed by atoms with Gasteiger partial charge in [-0.2, -0.15) is 4.65 Å². The van der Waals surface area contributed by atoms with Crippen LogP contribution in [-0.2, 0) is 6.54 Å². The van der Waals surface area contributed by atoms with E-state index >= 15 is 0 Å². The number of anilines is 1. The lowest BCUT2D eigenvalue weighted by Crippen LogP contribution is -2.49. The molecule has 0 bridgehead atoms. The minimum absolute atomic E-state index is 0.0184. The predicted octanol–water partition coefficient (Wildman–Crippen LogP) is 7.39. The number of carbonyl (C=O) groups excluding carboxylic acids is 1. The maximum atomic E-state index is 13.2. The van der Waals surface area contributed by atoms with Gasteiger partial charge in [-0.15, -0.1) is 0 Å². The van der Waals surface area contributed by atoms with Crippen molar-refractivity contribution in [1.29, 1.82) is 0 Å². The Morgan fingerprint density at radius 2 is 1.66 bits per heavy atom. The first-order chi connectivity index (χ1) is 18.3. The highest BCUT2D eigenvalue weighted by atomic mass is 35.5. The number of likely N-dealkylation sites (tertiary alicyclic amines) is 1. The Balaban J connectivity index is 1.25. The second-order valence-electron chi connectivity index (χ2n) is 10.1. The number of halogens is 2. The molecule has 5 rings (SSSR count). The van der Waals surface area contributed by atoms with Gasteiger partial charge >= 0.3 is 0 Å². The van der Waals surface area contributed by atoms with Gasteiger partial charge in [0.1, 0.15) is 30.6 Å². The Morgan fingerprint density at radius 3 is 2.32 bits per heavy atom. The first-order valence-electron chi connectivity index (χ1n) is 12.8. The van der Waals surface area contributed by atoms with E-state index in [1.54, 1.807) is 24.3 Å². The topological polar surface area (TPSA) is 62.2 Å². The maximum Gasteiger partial charge on any atom is 0.255 e. The van der Waals surface area contributed by atoms with E-state index in [4.69, 9.17) is 11.6 Å². The van der Waals surface area contributed by atoms with Crippen LogP contribution < -0.4 is 5.32 Å². The number of hydroxylamine groups is 3. The van der Waals surface area contributed by atoms with E-state index in [-0.39, 0.29) is 27.4 Å². The highest BCUT2D eigenvalue weighted by Gasteiger charge is 2.35. The molecular weight excluding hydrogens is 501 g/mol. The number of amides is 1. The molecule has 1 aliphatic rings. The molecule has 0 unspecified atom stereocenters. The largest absolute Gasteiger partial charge is 0.322 e. The van der Waals surface area contributed by atoms with E-state index in [1.807, 2.05) is 43.3 Å². The second-order valence-corrected chi connectivity index (χ2v) is 10.5. The molecule has 1 aliphatic heterocycles. The van der Waals surface area contributed by atoms with Crippen molar-refractivity contribution in [2.45, 2.75) is 32.2 Å². The Kier molecular flexibility index (Phi) is 7.56. The average Bonchev–Trinajstić information content (AvgIpc) is 2.91. The number of pyridine rings is 1. The quantitative estimate of drug-likeness (QED) is 0.202. The minimum atomic E-state index is -0.251. The van der Waals surface area contributed by atoms with Gasteiger partial charge in [-0.05, 0) is 59.9 Å². The number of quaternary nitrogens is 1. The summed E-state index contributed by atoms with van der Waals surface area (Å²) in [6.45, 7) is 3.80. The third-order valence-electron chi connectivity index (χ3n) is 7.28. The number of hydrogen-bond donors (Lipinski definition) is 2. The molecule has 0 atom stereocenters. The highest BCUT2D eigenvalue weighted by Crippen LogP contribution is 2.36. The molecule has 1 aromatic heterocycles. The first-order valence-corrected chi connectivity index (χ1v) is 13.1. The van der Waals surface area contributed by atoms with Crippen LogP contribution in [0.15, 0.2) is 85.1 Å². The van der Waals surface area contributed by atoms with E-state index in [0.717, 1.165) is 46.3 Å². The number of nitrogens with one attached hydrogen (secondary N) is 1. The molecule has 0 saturated carbocycles. The number of aryl methyl sites for hydroxylation is 1. The third-order valence-corrected chi connectivity index (χ3v) is 7.49. The van der Waals surface area contributed by atoms with E-state index in [9.17, 15) is 14.4 Å². The zero-order chi connectivity index (χ0) is 26.7. The van der Waals surface area contributed by atoms with Gasteiger partial charge in [-0.3, -0.25) is 4.79 Å². The van der Waals surface area contributed by atoms with Crippen molar-refractivity contribution < 1.29 is 19.0 Å². The standard InChI is InChI=1S/C31H29ClFN3O2/c1-21-2-11-29(35-31(37)26-12-15-34-30(32)19-26)28(18-21)25-13-16-36(38,17-14-25)20-22-3-5-23(6-4-22)24-7-9-27(33)10-8-24/h2-12,15,18-19,25,38H,13-14,16-17,20H2,1H3/p+1. The monoisotopic (exact) mass is 530 g/mol. The lowest BCUT2D eigenvalue weighted by Gasteiger charge is -2.37. The normalized spacial score (nSPS) is 19.2. The summed E-state index contributed by atoms with van der Waals surface area (Å²) in [7, 11) is 0. The van der Waals surface area contributed by atoms with Crippen molar-refractivity contribution in [3.05, 3.63) is 118 Å². The Labute approximate surface area is 227 Å². The smallest absolute Gasteiger partial charge is 0.255 e. The molecule has 2 heterocycles. The Bertz CT molecular complexity index is 1430. The van der Waals surface area contributed by atoms with Crippen molar-refractivity contribution in [2.24, 2.45) is 0 Å². The molecule has 2 N–H and O–H groups in total. The van der Waals surface area contributed by atoms with Crippen LogP contribution in [0.1, 0.15) is 45.8 Å². The molecule has 3 aromatic carbocycles. The van der Waals surface area contributed by atoms with Crippen LogP contribution in [0.25, 0.3) is 11.1 Å². The van der Waals surface area contributed by atoms with Crippen molar-refractivity contribution in [2.75, 3.05) is 18.4 Å². The number of aromatic nitrogens is 1. The molecule has 0 spiro atoms. The summed E-state index contributed by atoms with van der Waals surface area (Å²) in [5.41, 5.74) is 6.48. The molecule has 4 aromatic rings. The lowest BCUT2D eigenvalue weighted by atomic mass is 9.87. The van der Waals surface area contributed by atoms with E-state index < -0.39 is 0 Å². The van der Waals surface area contributed by atoms with Gasteiger partial charge in [0, 0.05) is 35.9 Å². The van der Waals surface area contributed by atoms with Crippen LogP contribution >= 0.6 is 11.6 Å². The van der Waals surface area contributed by atoms with Crippen molar-refractivity contribution in [1.82, 2.24) is 4.98 Å². The number of rotatable bonds is 6. The van der Waals surface area contributed by atoms with Gasteiger partial charge in [0.25, 0.3) is 5.91 Å². The summed E-state index contributed by atoms with van der Waals surface area (Å²) < 4.78 is 13.2. The lowest BCUT2D eigenvalue weighted by molar-refractivity contribution is -1.12. The van der Waals surface area contributed by atoms with Gasteiger partial charge in [-0.25, -0.2) is 14.6 Å². The summed E-state index contributed by atoms with van der Waals surface area (Å²) in [6, 6.07) is 23.8. The van der Waals surface area contributed by atoms with Gasteiger partial charge < -0.3 is 5.32 Å². The molecule has 0 aliphatic carbocycles. The predicted molar refractivity (Wildman–Crippen MR) is 148 cm³/mol. The van der Waals surface area contributed by atoms with Gasteiger partial charge in [0.05, 0.1) is 0 Å². The number of carbonyl (C=O) groups is 1. The van der Waals surface area contributed by atoms with Crippen molar-refractivity contribution >= 4 is 23.2 Å². The zero-order valence-electron chi connectivity index (χ0n) is 21.2. The number of nitrogens with zero attached hydrogens (tertiary/aromatic N) is 2. The SMILES string of the molecule is Cc1ccc(NC(=O)c2ccnc(Cl)c2)c(C2CC[N+](O)(Cc3ccc(-c4ccc(F)cc4)cc3)CC2)c1. The molecule has 194 valence electrons. The maximum absolute atomic E-state index is 13.2. The summed E-state index contributed by atoms with van der Waals surface area (Å²) in [6.07, 6.45) is 3.12. The van der Waals surface area contributed by atoms with Gasteiger partial charge in [-0.1, -0.05) is 65.7 Å². The van der Waals surface area contributed by atoms with Crippen LogP contribution in [0.5, 0.6) is 0 Å². The molecular formula is C31H30ClFN3O2+. The number of benzene rings is 3. The Morgan fingerprint density at radius 1 is 1.00 bits per heavy atom. The van der Waals surface area contributed by atoms with Crippen LogP contribution in [0.4, 0.5) is 10.1 Å². The fraction of sp³-hybridized carbons (Fsp3) is 0.226. The fourth-order valence-corrected chi connectivity index (χ4v) is 5.35. The molecule has 1 fully saturated rings. The molecule has 1 amide bonds. The molecule has 38 heavy (non-hydrogen) atoms. The van der Waals surface area contributed by atoms with Crippen molar-refractivity contribution in [3.63, 3.8) is 0 Å². The van der Waals surface area contributed by atoms with E-state index in [1.165, 1.54) is 18.3 Å². The fourth-order valence-electron chi connectivity index (χ4n) is 5.17. The molecule has 7 heteroatoms. The summed E-state index contributed by atoms with van der Waals surface area (Å²) in [5, 5.41) is 14.7. The number of piperidine rings is 1.